The fourth-order valence-electron chi connectivity index (χ4n) is 5.37. The van der Waals surface area contributed by atoms with E-state index < -0.39 is 21.4 Å². The lowest BCUT2D eigenvalue weighted by Crippen LogP contribution is -2.59. The quantitative estimate of drug-likeness (QED) is 0.450. The molecule has 37 heavy (non-hydrogen) atoms. The van der Waals surface area contributed by atoms with E-state index in [0.717, 1.165) is 42.0 Å². The van der Waals surface area contributed by atoms with Gasteiger partial charge in [0.1, 0.15) is 5.82 Å². The lowest BCUT2D eigenvalue weighted by Gasteiger charge is -2.53. The normalized spacial score (nSPS) is 20.3. The number of aromatic nitrogens is 1. The predicted molar refractivity (Wildman–Crippen MR) is 145 cm³/mol. The third-order valence-electron chi connectivity index (χ3n) is 7.69. The molecule has 0 bridgehead atoms. The summed E-state index contributed by atoms with van der Waals surface area (Å²) in [4.78, 5) is 19.3. The molecule has 2 aliphatic rings. The van der Waals surface area contributed by atoms with Gasteiger partial charge in [0.25, 0.3) is 0 Å². The fraction of sp³-hybridized carbons (Fsp3) is 0.462. The number of amides is 1. The number of sulfonamides is 1. The van der Waals surface area contributed by atoms with Gasteiger partial charge in [-0.3, -0.25) is 9.69 Å². The van der Waals surface area contributed by atoms with Crippen molar-refractivity contribution in [2.45, 2.75) is 50.0 Å². The number of nitrogens with one attached hydrogen (secondary N) is 1. The Morgan fingerprint density at radius 1 is 1.14 bits per heavy atom. The molecule has 2 aliphatic heterocycles. The van der Waals surface area contributed by atoms with Gasteiger partial charge in [-0.15, -0.1) is 0 Å². The standard InChI is InChI=1S/C26H30ClFN4O3S2/c1-25(2)8-9-26(17-32(25)37(34,35)20-5-3-4-19(28)15-20)10-12-31(13-11-26)16-23(33)30-24-29-21-7-6-18(27)14-22(21)36-24/h3-7,14-15H,8-13,16-17H2,1-2H3,(H,29,30,33). The molecule has 0 unspecified atom stereocenters. The highest BCUT2D eigenvalue weighted by molar-refractivity contribution is 7.89. The van der Waals surface area contributed by atoms with Crippen molar-refractivity contribution in [1.29, 1.82) is 0 Å². The molecular weight excluding hydrogens is 535 g/mol. The third-order valence-corrected chi connectivity index (χ3v) is 10.9. The van der Waals surface area contributed by atoms with Crippen molar-refractivity contribution in [3.05, 3.63) is 53.3 Å². The molecule has 1 N–H and O–H groups in total. The number of thiazole rings is 1. The van der Waals surface area contributed by atoms with Gasteiger partial charge in [-0.25, -0.2) is 17.8 Å². The number of hydrogen-bond acceptors (Lipinski definition) is 6. The largest absolute Gasteiger partial charge is 0.301 e. The first-order chi connectivity index (χ1) is 17.5. The first-order valence-electron chi connectivity index (χ1n) is 12.3. The zero-order valence-corrected chi connectivity index (χ0v) is 23.2. The third kappa shape index (κ3) is 5.54. The first kappa shape index (κ1) is 26.5. The minimum atomic E-state index is -3.85. The number of nitrogens with zero attached hydrogens (tertiary/aromatic N) is 3. The molecule has 0 atom stereocenters. The number of rotatable bonds is 5. The molecule has 2 aromatic carbocycles. The van der Waals surface area contributed by atoms with E-state index in [1.165, 1.54) is 29.5 Å². The molecule has 0 radical (unpaired) electrons. The van der Waals surface area contributed by atoms with Crippen molar-refractivity contribution < 1.29 is 17.6 Å². The molecule has 11 heteroatoms. The number of carbonyl (C=O) groups excluding carboxylic acids is 1. The Bertz CT molecular complexity index is 1430. The number of carbonyl (C=O) groups is 1. The Balaban J connectivity index is 1.22. The average molecular weight is 565 g/mol. The van der Waals surface area contributed by atoms with Crippen LogP contribution < -0.4 is 5.32 Å². The van der Waals surface area contributed by atoms with Crippen LogP contribution in [-0.4, -0.2) is 60.2 Å². The summed E-state index contributed by atoms with van der Waals surface area (Å²) in [7, 11) is -3.85. The van der Waals surface area contributed by atoms with Crippen molar-refractivity contribution in [3.63, 3.8) is 0 Å². The van der Waals surface area contributed by atoms with Crippen LogP contribution in [0.15, 0.2) is 47.4 Å². The van der Waals surface area contributed by atoms with Gasteiger partial charge in [0.05, 0.1) is 21.7 Å². The Kier molecular flexibility index (Phi) is 7.08. The summed E-state index contributed by atoms with van der Waals surface area (Å²) in [5, 5.41) is 4.07. The molecular formula is C26H30ClFN4O3S2. The smallest absolute Gasteiger partial charge is 0.243 e. The first-order valence-corrected chi connectivity index (χ1v) is 15.0. The summed E-state index contributed by atoms with van der Waals surface area (Å²) < 4.78 is 43.4. The summed E-state index contributed by atoms with van der Waals surface area (Å²) in [6.45, 7) is 5.93. The van der Waals surface area contributed by atoms with Crippen LogP contribution in [0, 0.1) is 11.2 Å². The Morgan fingerprint density at radius 3 is 2.62 bits per heavy atom. The molecule has 5 rings (SSSR count). The maximum atomic E-state index is 13.8. The number of likely N-dealkylation sites (tertiary alicyclic amines) is 1. The van der Waals surface area contributed by atoms with Crippen molar-refractivity contribution >= 4 is 54.2 Å². The summed E-state index contributed by atoms with van der Waals surface area (Å²) in [6, 6.07) is 10.7. The van der Waals surface area contributed by atoms with E-state index in [2.05, 4.69) is 15.2 Å². The zero-order chi connectivity index (χ0) is 26.4. The molecule has 3 aromatic rings. The lowest BCUT2D eigenvalue weighted by molar-refractivity contribution is -0.118. The molecule has 0 aliphatic carbocycles. The Morgan fingerprint density at radius 2 is 1.89 bits per heavy atom. The monoisotopic (exact) mass is 564 g/mol. The molecule has 198 valence electrons. The fourth-order valence-corrected chi connectivity index (χ4v) is 8.48. The van der Waals surface area contributed by atoms with Crippen LogP contribution >= 0.6 is 22.9 Å². The number of hydrogen-bond donors (Lipinski definition) is 1. The van der Waals surface area contributed by atoms with Crippen LogP contribution in [0.3, 0.4) is 0 Å². The number of halogens is 2. The van der Waals surface area contributed by atoms with Crippen molar-refractivity contribution in [3.8, 4) is 0 Å². The molecule has 1 amide bonds. The second kappa shape index (κ2) is 9.89. The van der Waals surface area contributed by atoms with Gasteiger partial charge >= 0.3 is 0 Å². The second-order valence-corrected chi connectivity index (χ2v) is 14.1. The van der Waals surface area contributed by atoms with E-state index in [1.807, 2.05) is 26.0 Å². The SMILES string of the molecule is CC1(C)CCC2(CCN(CC(=O)Nc3nc4ccc(Cl)cc4s3)CC2)CN1S(=O)(=O)c1cccc(F)c1. The van der Waals surface area contributed by atoms with Gasteiger partial charge in [-0.05, 0) is 94.4 Å². The maximum absolute atomic E-state index is 13.8. The van der Waals surface area contributed by atoms with E-state index in [4.69, 9.17) is 11.6 Å². The minimum absolute atomic E-state index is 0.0103. The number of anilines is 1. The molecule has 3 heterocycles. The van der Waals surface area contributed by atoms with Crippen LogP contribution in [0.2, 0.25) is 5.02 Å². The minimum Gasteiger partial charge on any atom is -0.301 e. The summed E-state index contributed by atoms with van der Waals surface area (Å²) in [6.07, 6.45) is 3.24. The van der Waals surface area contributed by atoms with Gasteiger partial charge in [0.2, 0.25) is 15.9 Å². The van der Waals surface area contributed by atoms with Crippen molar-refractivity contribution in [1.82, 2.24) is 14.2 Å². The summed E-state index contributed by atoms with van der Waals surface area (Å²) >= 11 is 7.43. The Labute approximate surface area is 225 Å². The van der Waals surface area contributed by atoms with Gasteiger partial charge in [-0.2, -0.15) is 4.31 Å². The van der Waals surface area contributed by atoms with Crippen molar-refractivity contribution in [2.24, 2.45) is 5.41 Å². The van der Waals surface area contributed by atoms with Crippen molar-refractivity contribution in [2.75, 3.05) is 31.5 Å². The van der Waals surface area contributed by atoms with Crippen LogP contribution in [0.5, 0.6) is 0 Å². The highest BCUT2D eigenvalue weighted by Gasteiger charge is 2.49. The van der Waals surface area contributed by atoms with E-state index >= 15 is 0 Å². The number of fused-ring (bicyclic) bond motifs is 1. The Hall–Kier alpha value is -2.11. The molecule has 1 aromatic heterocycles. The van der Waals surface area contributed by atoms with E-state index in [9.17, 15) is 17.6 Å². The summed E-state index contributed by atoms with van der Waals surface area (Å²) in [5.74, 6) is -0.687. The zero-order valence-electron chi connectivity index (χ0n) is 20.8. The molecule has 2 fully saturated rings. The van der Waals surface area contributed by atoms with E-state index in [1.54, 1.807) is 10.4 Å². The average Bonchev–Trinajstić information content (AvgIpc) is 3.23. The highest BCUT2D eigenvalue weighted by Crippen LogP contribution is 2.46. The molecule has 1 spiro atoms. The van der Waals surface area contributed by atoms with E-state index in [0.29, 0.717) is 29.8 Å². The van der Waals surface area contributed by atoms with Crippen LogP contribution in [-0.2, 0) is 14.8 Å². The summed E-state index contributed by atoms with van der Waals surface area (Å²) in [5.41, 5.74) is 0.0759. The van der Waals surface area contributed by atoms with Gasteiger partial charge in [-0.1, -0.05) is 29.0 Å². The van der Waals surface area contributed by atoms with Crippen LogP contribution in [0.25, 0.3) is 10.2 Å². The predicted octanol–water partition coefficient (Wildman–Crippen LogP) is 5.37. The van der Waals surface area contributed by atoms with E-state index in [-0.39, 0.29) is 22.8 Å². The molecule has 2 saturated heterocycles. The lowest BCUT2D eigenvalue weighted by atomic mass is 9.69. The topological polar surface area (TPSA) is 82.6 Å². The van der Waals surface area contributed by atoms with Gasteiger partial charge in [0.15, 0.2) is 5.13 Å². The molecule has 0 saturated carbocycles. The second-order valence-electron chi connectivity index (χ2n) is 10.7. The van der Waals surface area contributed by atoms with Gasteiger partial charge in [0, 0.05) is 17.1 Å². The van der Waals surface area contributed by atoms with Gasteiger partial charge < -0.3 is 5.32 Å². The number of benzene rings is 2. The highest BCUT2D eigenvalue weighted by atomic mass is 35.5. The van der Waals surface area contributed by atoms with Crippen LogP contribution in [0.1, 0.15) is 39.5 Å². The molecule has 7 nitrogen and oxygen atoms in total. The number of piperidine rings is 2. The van der Waals surface area contributed by atoms with Crippen LogP contribution in [0.4, 0.5) is 9.52 Å². The maximum Gasteiger partial charge on any atom is 0.243 e.